The largest absolute Gasteiger partial charge is 0.394 e. The highest BCUT2D eigenvalue weighted by Crippen LogP contribution is 2.25. The zero-order valence-electron chi connectivity index (χ0n) is 20.6. The molecule has 1 aromatic carbocycles. The Morgan fingerprint density at radius 2 is 1.68 bits per heavy atom. The number of aliphatic hydroxyl groups is 1. The van der Waals surface area contributed by atoms with Crippen LogP contribution in [0.25, 0.3) is 0 Å². The van der Waals surface area contributed by atoms with Gasteiger partial charge in [-0.2, -0.15) is 0 Å². The maximum Gasteiger partial charge on any atom is 0.253 e. The van der Waals surface area contributed by atoms with Gasteiger partial charge in [0.25, 0.3) is 11.8 Å². The van der Waals surface area contributed by atoms with Gasteiger partial charge in [-0.25, -0.2) is 4.98 Å². The molecule has 8 heteroatoms. The van der Waals surface area contributed by atoms with Crippen LogP contribution >= 0.6 is 0 Å². The summed E-state index contributed by atoms with van der Waals surface area (Å²) < 4.78 is 0. The molecular formula is C26H37N5O3. The third-order valence-electron chi connectivity index (χ3n) is 6.34. The van der Waals surface area contributed by atoms with Crippen molar-refractivity contribution < 1.29 is 14.7 Å². The van der Waals surface area contributed by atoms with E-state index >= 15 is 0 Å². The number of pyridine rings is 1. The molecule has 2 aromatic rings. The molecule has 8 nitrogen and oxygen atoms in total. The number of carbonyl (C=O) groups excluding carboxylic acids is 2. The van der Waals surface area contributed by atoms with Gasteiger partial charge in [-0.15, -0.1) is 0 Å². The Kier molecular flexibility index (Phi) is 8.87. The summed E-state index contributed by atoms with van der Waals surface area (Å²) in [5.41, 5.74) is 2.04. The number of benzene rings is 1. The highest BCUT2D eigenvalue weighted by atomic mass is 16.3. The van der Waals surface area contributed by atoms with Crippen molar-refractivity contribution in [3.8, 4) is 0 Å². The highest BCUT2D eigenvalue weighted by Gasteiger charge is 2.25. The molecule has 0 radical (unpaired) electrons. The molecule has 1 unspecified atom stereocenters. The SMILES string of the molecule is CCC(C)[C@@H](CO)NC(=O)c1ccc(C(=O)N2CCN(c3ncccc3NC(C)C)CC2)cc1. The van der Waals surface area contributed by atoms with Gasteiger partial charge >= 0.3 is 0 Å². The lowest BCUT2D eigenvalue weighted by atomic mass is 9.99. The second kappa shape index (κ2) is 11.8. The van der Waals surface area contributed by atoms with Crippen molar-refractivity contribution >= 4 is 23.3 Å². The number of carbonyl (C=O) groups is 2. The summed E-state index contributed by atoms with van der Waals surface area (Å²) in [7, 11) is 0. The Morgan fingerprint density at radius 1 is 1.03 bits per heavy atom. The number of hydrogen-bond acceptors (Lipinski definition) is 6. The molecular weight excluding hydrogens is 430 g/mol. The molecule has 0 bridgehead atoms. The van der Waals surface area contributed by atoms with Crippen LogP contribution in [0, 0.1) is 5.92 Å². The number of nitrogens with zero attached hydrogens (tertiary/aromatic N) is 3. The van der Waals surface area contributed by atoms with E-state index in [9.17, 15) is 14.7 Å². The molecule has 34 heavy (non-hydrogen) atoms. The third-order valence-corrected chi connectivity index (χ3v) is 6.34. The molecule has 2 amide bonds. The number of nitrogens with one attached hydrogen (secondary N) is 2. The quantitative estimate of drug-likeness (QED) is 0.525. The van der Waals surface area contributed by atoms with Crippen molar-refractivity contribution in [2.75, 3.05) is 43.0 Å². The number of aliphatic hydroxyl groups excluding tert-OH is 1. The van der Waals surface area contributed by atoms with Crippen molar-refractivity contribution in [3.63, 3.8) is 0 Å². The van der Waals surface area contributed by atoms with Crippen LogP contribution in [0.3, 0.4) is 0 Å². The first-order valence-electron chi connectivity index (χ1n) is 12.1. The van der Waals surface area contributed by atoms with Gasteiger partial charge in [0.2, 0.25) is 0 Å². The smallest absolute Gasteiger partial charge is 0.253 e. The van der Waals surface area contributed by atoms with E-state index in [4.69, 9.17) is 0 Å². The molecule has 0 spiro atoms. The number of anilines is 2. The van der Waals surface area contributed by atoms with Crippen LogP contribution in [0.5, 0.6) is 0 Å². The van der Waals surface area contributed by atoms with Crippen molar-refractivity contribution in [1.82, 2.24) is 15.2 Å². The Hall–Kier alpha value is -3.13. The fraction of sp³-hybridized carbons (Fsp3) is 0.500. The number of amides is 2. The Balaban J connectivity index is 1.59. The number of hydrogen-bond donors (Lipinski definition) is 3. The summed E-state index contributed by atoms with van der Waals surface area (Å²) >= 11 is 0. The third kappa shape index (κ3) is 6.26. The van der Waals surface area contributed by atoms with E-state index in [1.165, 1.54) is 0 Å². The summed E-state index contributed by atoms with van der Waals surface area (Å²) in [6.07, 6.45) is 2.66. The molecule has 0 saturated carbocycles. The number of rotatable bonds is 9. The average Bonchev–Trinajstić information content (AvgIpc) is 2.86. The van der Waals surface area contributed by atoms with E-state index in [1.54, 1.807) is 30.5 Å². The van der Waals surface area contributed by atoms with Gasteiger partial charge in [0, 0.05) is 49.5 Å². The van der Waals surface area contributed by atoms with Crippen molar-refractivity contribution in [1.29, 1.82) is 0 Å². The van der Waals surface area contributed by atoms with Crippen LogP contribution in [0.1, 0.15) is 54.8 Å². The zero-order chi connectivity index (χ0) is 24.7. The van der Waals surface area contributed by atoms with Crippen LogP contribution in [0.4, 0.5) is 11.5 Å². The van der Waals surface area contributed by atoms with Crippen LogP contribution in [0.2, 0.25) is 0 Å². The van der Waals surface area contributed by atoms with Gasteiger partial charge in [0.05, 0.1) is 18.3 Å². The lowest BCUT2D eigenvalue weighted by Gasteiger charge is -2.36. The predicted octanol–water partition coefficient (Wildman–Crippen LogP) is 3.00. The van der Waals surface area contributed by atoms with Crippen LogP contribution in [-0.4, -0.2) is 71.7 Å². The van der Waals surface area contributed by atoms with Crippen molar-refractivity contribution in [3.05, 3.63) is 53.7 Å². The van der Waals surface area contributed by atoms with Crippen molar-refractivity contribution in [2.24, 2.45) is 5.92 Å². The minimum absolute atomic E-state index is 0.0407. The second-order valence-electron chi connectivity index (χ2n) is 9.18. The molecule has 1 aliphatic heterocycles. The predicted molar refractivity (Wildman–Crippen MR) is 135 cm³/mol. The van der Waals surface area contributed by atoms with Crippen molar-refractivity contribution in [2.45, 2.75) is 46.2 Å². The normalized spacial score (nSPS) is 15.7. The topological polar surface area (TPSA) is 97.8 Å². The van der Waals surface area contributed by atoms with Crippen LogP contribution in [0.15, 0.2) is 42.6 Å². The van der Waals surface area contributed by atoms with Gasteiger partial charge < -0.3 is 25.5 Å². The van der Waals surface area contributed by atoms with Gasteiger partial charge in [-0.05, 0) is 56.2 Å². The fourth-order valence-electron chi connectivity index (χ4n) is 4.04. The summed E-state index contributed by atoms with van der Waals surface area (Å²) in [5, 5.41) is 15.9. The van der Waals surface area contributed by atoms with Gasteiger partial charge in [0.1, 0.15) is 0 Å². The van der Waals surface area contributed by atoms with E-state index in [-0.39, 0.29) is 30.4 Å². The van der Waals surface area contributed by atoms with E-state index in [1.807, 2.05) is 30.9 Å². The average molecular weight is 468 g/mol. The molecule has 3 N–H and O–H groups in total. The van der Waals surface area contributed by atoms with E-state index in [0.29, 0.717) is 43.3 Å². The summed E-state index contributed by atoms with van der Waals surface area (Å²) in [5.74, 6) is 0.808. The second-order valence-corrected chi connectivity index (χ2v) is 9.18. The first-order chi connectivity index (χ1) is 16.3. The summed E-state index contributed by atoms with van der Waals surface area (Å²) in [6, 6.07) is 10.7. The Morgan fingerprint density at radius 3 is 2.26 bits per heavy atom. The lowest BCUT2D eigenvalue weighted by Crippen LogP contribution is -2.49. The molecule has 184 valence electrons. The minimum atomic E-state index is -0.287. The molecule has 0 aliphatic carbocycles. The molecule has 3 rings (SSSR count). The van der Waals surface area contributed by atoms with E-state index in [2.05, 4.69) is 34.4 Å². The maximum atomic E-state index is 13.0. The van der Waals surface area contributed by atoms with Gasteiger partial charge in [0.15, 0.2) is 5.82 Å². The maximum absolute atomic E-state index is 13.0. The summed E-state index contributed by atoms with van der Waals surface area (Å²) in [4.78, 5) is 34.2. The van der Waals surface area contributed by atoms with Crippen LogP contribution in [-0.2, 0) is 0 Å². The Labute approximate surface area is 202 Å². The Bertz CT molecular complexity index is 955. The lowest BCUT2D eigenvalue weighted by molar-refractivity contribution is 0.0745. The van der Waals surface area contributed by atoms with Gasteiger partial charge in [-0.3, -0.25) is 9.59 Å². The number of aromatic nitrogens is 1. The molecule has 1 aromatic heterocycles. The zero-order valence-corrected chi connectivity index (χ0v) is 20.6. The highest BCUT2D eigenvalue weighted by molar-refractivity contribution is 5.98. The monoisotopic (exact) mass is 467 g/mol. The van der Waals surface area contributed by atoms with Crippen LogP contribution < -0.4 is 15.5 Å². The summed E-state index contributed by atoms with van der Waals surface area (Å²) in [6.45, 7) is 10.7. The minimum Gasteiger partial charge on any atom is -0.394 e. The van der Waals surface area contributed by atoms with E-state index in [0.717, 1.165) is 17.9 Å². The molecule has 1 saturated heterocycles. The first kappa shape index (κ1) is 25.5. The van der Waals surface area contributed by atoms with Gasteiger partial charge in [-0.1, -0.05) is 20.3 Å². The molecule has 1 aliphatic rings. The first-order valence-corrected chi connectivity index (χ1v) is 12.1. The van der Waals surface area contributed by atoms with E-state index < -0.39 is 0 Å². The fourth-order valence-corrected chi connectivity index (χ4v) is 4.04. The standard InChI is InChI=1S/C26H37N5O3/c1-5-19(4)23(17-32)29-25(33)20-8-10-21(11-9-20)26(34)31-15-13-30(14-16-31)24-22(28-18(2)3)7-6-12-27-24/h6-12,18-19,23,28,32H,5,13-17H2,1-4H3,(H,29,33)/t19?,23-/m1/s1. The molecule has 2 atom stereocenters. The molecule has 2 heterocycles. The molecule has 1 fully saturated rings. The number of piperazine rings is 1.